The molecule has 0 fully saturated rings. The number of hydrogen-bond donors (Lipinski definition) is 2. The Kier molecular flexibility index (Phi) is 2.64. The van der Waals surface area contributed by atoms with Gasteiger partial charge in [-0.25, -0.2) is 17.8 Å². The van der Waals surface area contributed by atoms with E-state index >= 15 is 0 Å². The molecule has 1 heterocycles. The Bertz CT molecular complexity index is 406. The van der Waals surface area contributed by atoms with E-state index in [1.165, 1.54) is 11.4 Å². The molecule has 0 bridgehead atoms. The maximum atomic E-state index is 10.8. The van der Waals surface area contributed by atoms with Crippen molar-refractivity contribution in [2.75, 3.05) is 0 Å². The van der Waals surface area contributed by atoms with Crippen molar-refractivity contribution in [1.29, 1.82) is 0 Å². The van der Waals surface area contributed by atoms with E-state index in [0.29, 0.717) is 0 Å². The fraction of sp³-hybridized carbons (Fsp3) is 0. The van der Waals surface area contributed by atoms with Crippen molar-refractivity contribution in [2.45, 2.75) is 9.10 Å². The highest BCUT2D eigenvalue weighted by molar-refractivity contribution is 7.90. The van der Waals surface area contributed by atoms with Gasteiger partial charge < -0.3 is 4.55 Å². The van der Waals surface area contributed by atoms with Crippen molar-refractivity contribution in [3.8, 4) is 0 Å². The minimum atomic E-state index is -3.88. The van der Waals surface area contributed by atoms with Gasteiger partial charge in [0.2, 0.25) is 10.0 Å². The summed E-state index contributed by atoms with van der Waals surface area (Å²) in [5.41, 5.74) is 0. The second-order valence-corrected chi connectivity index (χ2v) is 5.48. The summed E-state index contributed by atoms with van der Waals surface area (Å²) < 4.78 is 40.5. The van der Waals surface area contributed by atoms with Gasteiger partial charge >= 0.3 is 0 Å². The average Bonchev–Trinajstić information content (AvgIpc) is 2.30. The highest BCUT2D eigenvalue weighted by atomic mass is 32.2. The van der Waals surface area contributed by atoms with Crippen LogP contribution in [0.3, 0.4) is 0 Å². The first-order chi connectivity index (χ1) is 5.43. The fourth-order valence-electron chi connectivity index (χ4n) is 0.622. The Morgan fingerprint density at radius 3 is 2.50 bits per heavy atom. The van der Waals surface area contributed by atoms with E-state index in [4.69, 9.17) is 9.69 Å². The molecule has 1 rings (SSSR count). The quantitative estimate of drug-likeness (QED) is 0.693. The first-order valence-corrected chi connectivity index (χ1v) is 6.17. The van der Waals surface area contributed by atoms with Gasteiger partial charge in [-0.15, -0.1) is 11.3 Å². The molecule has 1 aromatic heterocycles. The zero-order valence-corrected chi connectivity index (χ0v) is 8.08. The zero-order valence-electron chi connectivity index (χ0n) is 5.63. The summed E-state index contributed by atoms with van der Waals surface area (Å²) >= 11 is -1.42. The first-order valence-electron chi connectivity index (χ1n) is 2.64. The van der Waals surface area contributed by atoms with Crippen LogP contribution in [0, 0.1) is 0 Å². The van der Waals surface area contributed by atoms with Crippen LogP contribution in [0.4, 0.5) is 0 Å². The van der Waals surface area contributed by atoms with Gasteiger partial charge in [-0.2, -0.15) is 0 Å². The molecule has 0 aromatic carbocycles. The van der Waals surface area contributed by atoms with Crippen LogP contribution in [0.2, 0.25) is 0 Å². The van der Waals surface area contributed by atoms with Gasteiger partial charge in [0.15, 0.2) is 11.1 Å². The summed E-state index contributed by atoms with van der Waals surface area (Å²) in [6, 6.07) is 1.20. The van der Waals surface area contributed by atoms with Crippen molar-refractivity contribution in [3.05, 3.63) is 11.4 Å². The third-order valence-electron chi connectivity index (χ3n) is 1.06. The summed E-state index contributed by atoms with van der Waals surface area (Å²) in [6.07, 6.45) is 0. The van der Waals surface area contributed by atoms with Gasteiger partial charge in [0.25, 0.3) is 0 Å². The molecule has 3 N–H and O–H groups in total. The second kappa shape index (κ2) is 3.23. The molecule has 8 heteroatoms. The molecule has 1 aromatic rings. The Morgan fingerprint density at radius 1 is 1.58 bits per heavy atom. The maximum Gasteiger partial charge on any atom is 0.240 e. The van der Waals surface area contributed by atoms with E-state index in [2.05, 4.69) is 0 Å². The van der Waals surface area contributed by atoms with Gasteiger partial charge in [0.1, 0.15) is 9.10 Å². The minimum absolute atomic E-state index is 0.141. The van der Waals surface area contributed by atoms with E-state index in [-0.39, 0.29) is 9.10 Å². The SMILES string of the molecule is NS(=O)(=O)c1ccsc1S(=O)O. The lowest BCUT2D eigenvalue weighted by atomic mass is 10.7. The number of sulfonamides is 1. The molecule has 1 unspecified atom stereocenters. The zero-order chi connectivity index (χ0) is 9.35. The van der Waals surface area contributed by atoms with Crippen LogP contribution in [0.15, 0.2) is 20.6 Å². The average molecular weight is 227 g/mol. The minimum Gasteiger partial charge on any atom is -0.302 e. The van der Waals surface area contributed by atoms with E-state index in [1.54, 1.807) is 0 Å². The predicted octanol–water partition coefficient (Wildman–Crippen LogP) is -0.0239. The molecule has 0 spiro atoms. The Balaban J connectivity index is 3.36. The lowest BCUT2D eigenvalue weighted by molar-refractivity contribution is 0.562. The molecule has 0 aliphatic rings. The van der Waals surface area contributed by atoms with Gasteiger partial charge in [0, 0.05) is 0 Å². The summed E-state index contributed by atoms with van der Waals surface area (Å²) in [5, 5.41) is 6.17. The standard InChI is InChI=1S/C4H5NO4S3/c5-12(8,9)3-1-2-10-4(3)11(6)7/h1-2H,(H,6,7)(H2,5,8,9). The highest BCUT2D eigenvalue weighted by Gasteiger charge is 2.18. The van der Waals surface area contributed by atoms with Crippen LogP contribution < -0.4 is 5.14 Å². The van der Waals surface area contributed by atoms with Crippen LogP contribution in [0.5, 0.6) is 0 Å². The Morgan fingerprint density at radius 2 is 2.17 bits per heavy atom. The van der Waals surface area contributed by atoms with Crippen LogP contribution in [-0.2, 0) is 21.1 Å². The van der Waals surface area contributed by atoms with E-state index in [1.807, 2.05) is 0 Å². The van der Waals surface area contributed by atoms with Crippen LogP contribution in [0.25, 0.3) is 0 Å². The summed E-state index contributed by atoms with van der Waals surface area (Å²) in [5.74, 6) is 0. The molecule has 0 aliphatic carbocycles. The molecule has 0 aliphatic heterocycles. The lowest BCUT2D eigenvalue weighted by Gasteiger charge is -1.94. The summed E-state index contributed by atoms with van der Waals surface area (Å²) in [7, 11) is -3.88. The number of hydrogen-bond acceptors (Lipinski definition) is 4. The molecule has 1 atom stereocenters. The van der Waals surface area contributed by atoms with Crippen molar-refractivity contribution < 1.29 is 17.2 Å². The van der Waals surface area contributed by atoms with E-state index in [9.17, 15) is 12.6 Å². The number of primary sulfonamides is 1. The smallest absolute Gasteiger partial charge is 0.240 e. The fourth-order valence-corrected chi connectivity index (χ4v) is 3.50. The Labute approximate surface area is 75.5 Å². The van der Waals surface area contributed by atoms with Crippen LogP contribution in [-0.4, -0.2) is 17.2 Å². The van der Waals surface area contributed by atoms with Crippen molar-refractivity contribution in [2.24, 2.45) is 5.14 Å². The third kappa shape index (κ3) is 1.90. The van der Waals surface area contributed by atoms with Crippen molar-refractivity contribution in [1.82, 2.24) is 0 Å². The van der Waals surface area contributed by atoms with Crippen LogP contribution in [0.1, 0.15) is 0 Å². The summed E-state index contributed by atoms with van der Waals surface area (Å²) in [6.45, 7) is 0. The number of nitrogens with two attached hydrogens (primary N) is 1. The van der Waals surface area contributed by atoms with Crippen LogP contribution >= 0.6 is 11.3 Å². The van der Waals surface area contributed by atoms with Gasteiger partial charge in [-0.3, -0.25) is 0 Å². The summed E-state index contributed by atoms with van der Waals surface area (Å²) in [4.78, 5) is -0.284. The van der Waals surface area contributed by atoms with Crippen molar-refractivity contribution >= 4 is 32.4 Å². The third-order valence-corrected chi connectivity index (χ3v) is 4.23. The maximum absolute atomic E-state index is 10.8. The molecular formula is C4H5NO4S3. The second-order valence-electron chi connectivity index (χ2n) is 1.87. The van der Waals surface area contributed by atoms with Gasteiger partial charge in [-0.05, 0) is 11.4 Å². The predicted molar refractivity (Wildman–Crippen MR) is 44.7 cm³/mol. The molecule has 0 saturated carbocycles. The lowest BCUT2D eigenvalue weighted by Crippen LogP contribution is -2.13. The molecule has 12 heavy (non-hydrogen) atoms. The topological polar surface area (TPSA) is 97.5 Å². The first kappa shape index (κ1) is 9.81. The van der Waals surface area contributed by atoms with Gasteiger partial charge in [-0.1, -0.05) is 0 Å². The monoisotopic (exact) mass is 227 g/mol. The molecule has 0 radical (unpaired) electrons. The van der Waals surface area contributed by atoms with E-state index < -0.39 is 21.1 Å². The number of rotatable bonds is 2. The molecule has 68 valence electrons. The number of thiophene rings is 1. The highest BCUT2D eigenvalue weighted by Crippen LogP contribution is 2.23. The van der Waals surface area contributed by atoms with E-state index in [0.717, 1.165) is 11.3 Å². The molecular weight excluding hydrogens is 222 g/mol. The Hall–Kier alpha value is -0.280. The van der Waals surface area contributed by atoms with Crippen molar-refractivity contribution in [3.63, 3.8) is 0 Å². The normalized spacial score (nSPS) is 14.5. The largest absolute Gasteiger partial charge is 0.302 e. The molecule has 5 nitrogen and oxygen atoms in total. The molecule has 0 saturated heterocycles. The molecule has 0 amide bonds. The van der Waals surface area contributed by atoms with Gasteiger partial charge in [0.05, 0.1) is 0 Å².